The maximum atomic E-state index is 11.2. The van der Waals surface area contributed by atoms with Crippen molar-refractivity contribution in [2.45, 2.75) is 31.0 Å². The molecule has 1 rings (SSSR count). The van der Waals surface area contributed by atoms with Crippen LogP contribution in [0.15, 0.2) is 18.2 Å². The third-order valence-corrected chi connectivity index (χ3v) is 3.87. The van der Waals surface area contributed by atoms with E-state index in [-0.39, 0.29) is 10.6 Å². The Morgan fingerprint density at radius 3 is 2.60 bits per heavy atom. The lowest BCUT2D eigenvalue weighted by atomic mass is 10.0. The first-order chi connectivity index (χ1) is 7.10. The number of benzene rings is 1. The molecule has 0 N–H and O–H groups in total. The van der Waals surface area contributed by atoms with Crippen molar-refractivity contribution in [2.24, 2.45) is 0 Å². The molecular formula is C12H14BrClO. The fourth-order valence-corrected chi connectivity index (χ4v) is 2.04. The second-order valence-corrected chi connectivity index (χ2v) is 4.67. The van der Waals surface area contributed by atoms with Gasteiger partial charge in [-0.1, -0.05) is 41.1 Å². The second kappa shape index (κ2) is 5.66. The number of halogens is 2. The summed E-state index contributed by atoms with van der Waals surface area (Å²) in [6.07, 6.45) is 0.938. The van der Waals surface area contributed by atoms with E-state index in [4.69, 9.17) is 11.6 Å². The highest BCUT2D eigenvalue weighted by molar-refractivity contribution is 9.09. The fraction of sp³-hybridized carbons (Fsp3) is 0.417. The Hall–Kier alpha value is -0.340. The van der Waals surface area contributed by atoms with Crippen molar-refractivity contribution in [1.29, 1.82) is 0 Å². The number of Topliss-reactive ketones (excluding diaryl/α,β-unsaturated/α-hetero) is 1. The summed E-state index contributed by atoms with van der Waals surface area (Å²) in [5.41, 5.74) is 3.37. The van der Waals surface area contributed by atoms with Crippen LogP contribution in [0.25, 0.3) is 0 Å². The number of carbonyl (C=O) groups is 1. The number of alkyl halides is 2. The molecule has 0 radical (unpaired) electrons. The predicted octanol–water partition coefficient (Wildman–Crippen LogP) is 4.01. The number of hydrogen-bond donors (Lipinski definition) is 0. The first kappa shape index (κ1) is 12.7. The predicted molar refractivity (Wildman–Crippen MR) is 67.7 cm³/mol. The molecule has 1 unspecified atom stereocenters. The molecule has 0 saturated heterocycles. The molecule has 0 aliphatic heterocycles. The van der Waals surface area contributed by atoms with Gasteiger partial charge < -0.3 is 0 Å². The molecule has 0 aliphatic rings. The Labute approximate surface area is 104 Å². The molecule has 0 aliphatic carbocycles. The van der Waals surface area contributed by atoms with Crippen molar-refractivity contribution < 1.29 is 4.79 Å². The van der Waals surface area contributed by atoms with Crippen LogP contribution in [0.1, 0.15) is 35.4 Å². The van der Waals surface area contributed by atoms with E-state index in [1.54, 1.807) is 6.92 Å². The van der Waals surface area contributed by atoms with Crippen LogP contribution in [0.5, 0.6) is 0 Å². The quantitative estimate of drug-likeness (QED) is 0.765. The van der Waals surface area contributed by atoms with Crippen molar-refractivity contribution in [3.8, 4) is 0 Å². The average Bonchev–Trinajstić information content (AvgIpc) is 2.26. The summed E-state index contributed by atoms with van der Waals surface area (Å²) in [5, 5.41) is 0. The summed E-state index contributed by atoms with van der Waals surface area (Å²) in [5.74, 6) is 0.645. The lowest BCUT2D eigenvalue weighted by Gasteiger charge is -2.11. The molecule has 0 aromatic heterocycles. The number of rotatable bonds is 4. The smallest absolute Gasteiger partial charge is 0.147 e. The van der Waals surface area contributed by atoms with Gasteiger partial charge >= 0.3 is 0 Å². The largest absolute Gasteiger partial charge is 0.298 e. The number of ketones is 1. The molecule has 0 saturated carbocycles. The van der Waals surface area contributed by atoms with Crippen LogP contribution in [0.4, 0.5) is 0 Å². The van der Waals surface area contributed by atoms with Crippen LogP contribution in [0, 0.1) is 0 Å². The number of hydrogen-bond acceptors (Lipinski definition) is 1. The molecule has 1 atom stereocenters. The number of aryl methyl sites for hydroxylation is 1. The van der Waals surface area contributed by atoms with E-state index in [0.29, 0.717) is 5.88 Å². The van der Waals surface area contributed by atoms with E-state index in [9.17, 15) is 4.79 Å². The molecule has 1 aromatic rings. The minimum absolute atomic E-state index is 0.121. The lowest BCUT2D eigenvalue weighted by Crippen LogP contribution is -2.02. The summed E-state index contributed by atoms with van der Waals surface area (Å²) in [4.78, 5) is 11.0. The molecule has 0 heterocycles. The van der Waals surface area contributed by atoms with E-state index >= 15 is 0 Å². The lowest BCUT2D eigenvalue weighted by molar-refractivity contribution is -0.116. The van der Waals surface area contributed by atoms with Crippen molar-refractivity contribution in [1.82, 2.24) is 0 Å². The van der Waals surface area contributed by atoms with Crippen LogP contribution in [-0.4, -0.2) is 5.78 Å². The van der Waals surface area contributed by atoms with Gasteiger partial charge in [-0.25, -0.2) is 0 Å². The van der Waals surface area contributed by atoms with Crippen molar-refractivity contribution in [3.63, 3.8) is 0 Å². The van der Waals surface area contributed by atoms with E-state index in [2.05, 4.69) is 28.9 Å². The van der Waals surface area contributed by atoms with Gasteiger partial charge in [0.15, 0.2) is 0 Å². The first-order valence-electron chi connectivity index (χ1n) is 4.92. The summed E-state index contributed by atoms with van der Waals surface area (Å²) in [7, 11) is 0. The van der Waals surface area contributed by atoms with Gasteiger partial charge in [0.1, 0.15) is 5.78 Å². The summed E-state index contributed by atoms with van der Waals surface area (Å²) >= 11 is 9.20. The van der Waals surface area contributed by atoms with Crippen LogP contribution in [0.2, 0.25) is 0 Å². The molecule has 0 spiro atoms. The first-order valence-corrected chi connectivity index (χ1v) is 6.37. The fourth-order valence-electron chi connectivity index (χ4n) is 1.50. The molecule has 3 heteroatoms. The van der Waals surface area contributed by atoms with E-state index in [0.717, 1.165) is 17.5 Å². The van der Waals surface area contributed by atoms with Crippen molar-refractivity contribution in [3.05, 3.63) is 34.9 Å². The van der Waals surface area contributed by atoms with Gasteiger partial charge in [-0.05, 0) is 30.0 Å². The maximum Gasteiger partial charge on any atom is 0.147 e. The molecule has 0 bridgehead atoms. The number of carbonyl (C=O) groups excluding carboxylic acids is 1. The van der Waals surface area contributed by atoms with Crippen LogP contribution < -0.4 is 0 Å². The molecule has 1 nitrogen and oxygen atoms in total. The van der Waals surface area contributed by atoms with Gasteiger partial charge in [0, 0.05) is 5.88 Å². The highest BCUT2D eigenvalue weighted by Gasteiger charge is 2.13. The summed E-state index contributed by atoms with van der Waals surface area (Å²) in [6, 6.07) is 6.01. The minimum Gasteiger partial charge on any atom is -0.298 e. The SMILES string of the molecule is CCc1cc(C(Br)C(C)=O)ccc1CCl. The standard InChI is InChI=1S/C12H14BrClO/c1-3-9-6-10(12(13)8(2)15)4-5-11(9)7-14/h4-6,12H,3,7H2,1-2H3. The van der Waals surface area contributed by atoms with Gasteiger partial charge in [-0.15, -0.1) is 11.6 Å². The maximum absolute atomic E-state index is 11.2. The molecule has 1 aromatic carbocycles. The summed E-state index contributed by atoms with van der Waals surface area (Å²) < 4.78 is 0. The van der Waals surface area contributed by atoms with E-state index in [1.165, 1.54) is 5.56 Å². The molecule has 0 fully saturated rings. The van der Waals surface area contributed by atoms with Gasteiger partial charge in [0.05, 0.1) is 4.83 Å². The van der Waals surface area contributed by atoms with Gasteiger partial charge in [-0.3, -0.25) is 4.79 Å². The third kappa shape index (κ3) is 3.05. The Bertz CT molecular complexity index is 363. The van der Waals surface area contributed by atoms with Crippen molar-refractivity contribution in [2.75, 3.05) is 0 Å². The van der Waals surface area contributed by atoms with Crippen LogP contribution in [-0.2, 0) is 17.1 Å². The monoisotopic (exact) mass is 288 g/mol. The molecule has 82 valence electrons. The second-order valence-electron chi connectivity index (χ2n) is 3.49. The Morgan fingerprint density at radius 2 is 2.13 bits per heavy atom. The summed E-state index contributed by atoms with van der Waals surface area (Å²) in [6.45, 7) is 3.67. The highest BCUT2D eigenvalue weighted by atomic mass is 79.9. The molecule has 0 amide bonds. The zero-order chi connectivity index (χ0) is 11.4. The molecule has 15 heavy (non-hydrogen) atoms. The Balaban J connectivity index is 3.07. The van der Waals surface area contributed by atoms with Gasteiger partial charge in [-0.2, -0.15) is 0 Å². The van der Waals surface area contributed by atoms with Gasteiger partial charge in [0.25, 0.3) is 0 Å². The zero-order valence-corrected chi connectivity index (χ0v) is 11.2. The zero-order valence-electron chi connectivity index (χ0n) is 8.89. The normalized spacial score (nSPS) is 12.5. The van der Waals surface area contributed by atoms with Crippen molar-refractivity contribution >= 4 is 33.3 Å². The van der Waals surface area contributed by atoms with Crippen LogP contribution in [0.3, 0.4) is 0 Å². The van der Waals surface area contributed by atoms with Gasteiger partial charge in [0.2, 0.25) is 0 Å². The highest BCUT2D eigenvalue weighted by Crippen LogP contribution is 2.26. The van der Waals surface area contributed by atoms with Crippen LogP contribution >= 0.6 is 27.5 Å². The Kier molecular flexibility index (Phi) is 4.81. The minimum atomic E-state index is -0.202. The van der Waals surface area contributed by atoms with E-state index < -0.39 is 0 Å². The average molecular weight is 290 g/mol. The third-order valence-electron chi connectivity index (χ3n) is 2.40. The molecular weight excluding hydrogens is 275 g/mol. The topological polar surface area (TPSA) is 17.1 Å². The Morgan fingerprint density at radius 1 is 1.47 bits per heavy atom. The van der Waals surface area contributed by atoms with E-state index in [1.807, 2.05) is 12.1 Å².